The zero-order valence-electron chi connectivity index (χ0n) is 13.9. The van der Waals surface area contributed by atoms with E-state index in [-0.39, 0.29) is 11.2 Å². The Kier molecular flexibility index (Phi) is 2.75. The minimum absolute atomic E-state index is 0.142. The molecule has 5 rings (SSSR count). The third-order valence-corrected chi connectivity index (χ3v) is 6.22. The third kappa shape index (κ3) is 1.95. The highest BCUT2D eigenvalue weighted by molar-refractivity contribution is 6.00. The Morgan fingerprint density at radius 3 is 2.25 bits per heavy atom. The van der Waals surface area contributed by atoms with Gasteiger partial charge in [-0.3, -0.25) is 9.59 Å². The lowest BCUT2D eigenvalue weighted by atomic mass is 9.82. The van der Waals surface area contributed by atoms with Gasteiger partial charge in [0.25, 0.3) is 0 Å². The number of fused-ring (bicyclic) bond motifs is 3. The van der Waals surface area contributed by atoms with Crippen LogP contribution in [0, 0.1) is 5.41 Å². The number of benzene rings is 2. The molecule has 3 aliphatic rings. The first-order chi connectivity index (χ1) is 11.5. The van der Waals surface area contributed by atoms with Gasteiger partial charge in [-0.2, -0.15) is 0 Å². The summed E-state index contributed by atoms with van der Waals surface area (Å²) < 4.78 is 0. The molecule has 2 aromatic rings. The largest absolute Gasteiger partial charge is 0.295 e. The molecule has 2 heteroatoms. The summed E-state index contributed by atoms with van der Waals surface area (Å²) in [7, 11) is 0. The molecule has 2 aromatic carbocycles. The molecular weight excluding hydrogens is 296 g/mol. The molecule has 0 unspecified atom stereocenters. The average molecular weight is 316 g/mol. The van der Waals surface area contributed by atoms with Crippen molar-refractivity contribution in [2.45, 2.75) is 45.4 Å². The summed E-state index contributed by atoms with van der Waals surface area (Å²) in [6, 6.07) is 10.7. The fraction of sp³-hybridized carbons (Fsp3) is 0.364. The molecule has 0 amide bonds. The van der Waals surface area contributed by atoms with Crippen molar-refractivity contribution in [1.29, 1.82) is 0 Å². The van der Waals surface area contributed by atoms with Gasteiger partial charge in [0.15, 0.2) is 11.6 Å². The Balaban J connectivity index is 1.49. The molecule has 1 spiro atoms. The minimum Gasteiger partial charge on any atom is -0.295 e. The van der Waals surface area contributed by atoms with Crippen LogP contribution in [0.3, 0.4) is 0 Å². The summed E-state index contributed by atoms with van der Waals surface area (Å²) in [4.78, 5) is 23.7. The van der Waals surface area contributed by atoms with Gasteiger partial charge in [-0.05, 0) is 84.4 Å². The summed E-state index contributed by atoms with van der Waals surface area (Å²) in [5.41, 5.74) is 8.89. The molecule has 0 heterocycles. The summed E-state index contributed by atoms with van der Waals surface area (Å²) in [6.45, 7) is 1.64. The van der Waals surface area contributed by atoms with Crippen molar-refractivity contribution < 1.29 is 9.59 Å². The van der Waals surface area contributed by atoms with Crippen LogP contribution in [0.5, 0.6) is 0 Å². The Labute approximate surface area is 141 Å². The normalized spacial score (nSPS) is 23.5. The van der Waals surface area contributed by atoms with Gasteiger partial charge in [0.05, 0.1) is 0 Å². The minimum atomic E-state index is 0.142. The fourth-order valence-electron chi connectivity index (χ4n) is 5.09. The Bertz CT molecular complexity index is 922. The maximum absolute atomic E-state index is 12.0. The second-order valence-corrected chi connectivity index (χ2v) is 7.95. The highest BCUT2D eigenvalue weighted by Gasteiger charge is 2.42. The number of rotatable bonds is 1. The molecule has 2 nitrogen and oxygen atoms in total. The summed E-state index contributed by atoms with van der Waals surface area (Å²) in [5.74, 6) is 0.456. The number of carbonyl (C=O) groups excluding carboxylic acids is 2. The number of Topliss-reactive ketones (excluding diaryl/α,β-unsaturated/α-hetero) is 2. The van der Waals surface area contributed by atoms with Crippen LogP contribution in [0.2, 0.25) is 0 Å². The summed E-state index contributed by atoms with van der Waals surface area (Å²) in [6.07, 6.45) is 5.91. The first-order valence-corrected chi connectivity index (χ1v) is 8.84. The van der Waals surface area contributed by atoms with Gasteiger partial charge < -0.3 is 0 Å². The molecule has 0 N–H and O–H groups in total. The predicted molar refractivity (Wildman–Crippen MR) is 92.8 cm³/mol. The first kappa shape index (κ1) is 14.2. The van der Waals surface area contributed by atoms with Crippen LogP contribution in [-0.2, 0) is 32.1 Å². The van der Waals surface area contributed by atoms with Crippen LogP contribution < -0.4 is 0 Å². The Morgan fingerprint density at radius 2 is 1.50 bits per heavy atom. The third-order valence-electron chi connectivity index (χ3n) is 6.22. The fourth-order valence-corrected chi connectivity index (χ4v) is 5.09. The number of ketones is 2. The van der Waals surface area contributed by atoms with Gasteiger partial charge in [-0.25, -0.2) is 0 Å². The van der Waals surface area contributed by atoms with E-state index in [1.54, 1.807) is 6.92 Å². The van der Waals surface area contributed by atoms with Crippen LogP contribution in [-0.4, -0.2) is 11.6 Å². The number of hydrogen-bond acceptors (Lipinski definition) is 2. The smallest absolute Gasteiger partial charge is 0.163 e. The van der Waals surface area contributed by atoms with E-state index >= 15 is 0 Å². The van der Waals surface area contributed by atoms with Crippen molar-refractivity contribution in [3.05, 3.63) is 69.3 Å². The molecule has 3 aliphatic carbocycles. The molecule has 0 aliphatic heterocycles. The molecule has 0 aromatic heterocycles. The van der Waals surface area contributed by atoms with Crippen molar-refractivity contribution in [2.24, 2.45) is 5.41 Å². The number of aryl methyl sites for hydroxylation is 1. The highest BCUT2D eigenvalue weighted by atomic mass is 16.1. The van der Waals surface area contributed by atoms with E-state index in [2.05, 4.69) is 24.3 Å². The standard InChI is InChI=1S/C22H20O2/c1-13(23)14-2-3-16-9-22(10-17(16)6-14)11-18-7-15-4-5-21(24)20(15)8-19(18)12-22/h2-3,6-8H,4-5,9-12H2,1H3/t22-/m0/s1. The molecular formula is C22H20O2. The monoisotopic (exact) mass is 316 g/mol. The maximum Gasteiger partial charge on any atom is 0.163 e. The molecule has 0 radical (unpaired) electrons. The van der Waals surface area contributed by atoms with Crippen molar-refractivity contribution >= 4 is 11.6 Å². The Morgan fingerprint density at radius 1 is 0.833 bits per heavy atom. The molecule has 24 heavy (non-hydrogen) atoms. The van der Waals surface area contributed by atoms with Crippen molar-refractivity contribution in [2.75, 3.05) is 0 Å². The van der Waals surface area contributed by atoms with Crippen LogP contribution >= 0.6 is 0 Å². The molecule has 1 atom stereocenters. The maximum atomic E-state index is 12.0. The van der Waals surface area contributed by atoms with Crippen LogP contribution in [0.25, 0.3) is 0 Å². The number of hydrogen-bond donors (Lipinski definition) is 0. The SMILES string of the molecule is CC(=O)c1ccc2c(c1)C[C@@]1(C2)Cc2cc3c(cc2C1)C(=O)CC3. The van der Waals surface area contributed by atoms with Gasteiger partial charge in [0, 0.05) is 17.5 Å². The zero-order valence-corrected chi connectivity index (χ0v) is 13.9. The topological polar surface area (TPSA) is 34.1 Å². The van der Waals surface area contributed by atoms with Gasteiger partial charge in [0.2, 0.25) is 0 Å². The summed E-state index contributed by atoms with van der Waals surface area (Å²) >= 11 is 0. The van der Waals surface area contributed by atoms with E-state index in [4.69, 9.17) is 0 Å². The van der Waals surface area contributed by atoms with E-state index in [0.717, 1.165) is 43.2 Å². The van der Waals surface area contributed by atoms with Gasteiger partial charge in [-0.15, -0.1) is 0 Å². The van der Waals surface area contributed by atoms with Gasteiger partial charge in [0.1, 0.15) is 0 Å². The number of carbonyl (C=O) groups is 2. The quantitative estimate of drug-likeness (QED) is 0.748. The lowest BCUT2D eigenvalue weighted by molar-refractivity contribution is 0.0991. The molecule has 0 saturated carbocycles. The van der Waals surface area contributed by atoms with Gasteiger partial charge >= 0.3 is 0 Å². The molecule has 0 bridgehead atoms. The van der Waals surface area contributed by atoms with E-state index < -0.39 is 0 Å². The van der Waals surface area contributed by atoms with Gasteiger partial charge in [-0.1, -0.05) is 18.2 Å². The van der Waals surface area contributed by atoms with E-state index in [1.165, 1.54) is 27.8 Å². The molecule has 0 fully saturated rings. The highest BCUT2D eigenvalue weighted by Crippen LogP contribution is 2.48. The van der Waals surface area contributed by atoms with Crippen LogP contribution in [0.15, 0.2) is 30.3 Å². The van der Waals surface area contributed by atoms with Crippen molar-refractivity contribution in [3.63, 3.8) is 0 Å². The second-order valence-electron chi connectivity index (χ2n) is 7.95. The lowest BCUT2D eigenvalue weighted by Gasteiger charge is -2.21. The van der Waals surface area contributed by atoms with E-state index in [1.807, 2.05) is 6.07 Å². The van der Waals surface area contributed by atoms with Crippen molar-refractivity contribution in [1.82, 2.24) is 0 Å². The van der Waals surface area contributed by atoms with Crippen LogP contribution in [0.4, 0.5) is 0 Å². The Hall–Kier alpha value is -2.22. The predicted octanol–water partition coefficient (Wildman–Crippen LogP) is 3.90. The second kappa shape index (κ2) is 4.66. The first-order valence-electron chi connectivity index (χ1n) is 8.84. The zero-order chi connectivity index (χ0) is 16.5. The lowest BCUT2D eigenvalue weighted by Crippen LogP contribution is -2.21. The molecule has 120 valence electrons. The summed E-state index contributed by atoms with van der Waals surface area (Å²) in [5, 5.41) is 0. The van der Waals surface area contributed by atoms with E-state index in [0.29, 0.717) is 12.2 Å². The average Bonchev–Trinajstić information content (AvgIpc) is 3.19. The van der Waals surface area contributed by atoms with Crippen LogP contribution in [0.1, 0.15) is 61.9 Å². The van der Waals surface area contributed by atoms with E-state index in [9.17, 15) is 9.59 Å². The van der Waals surface area contributed by atoms with Crippen molar-refractivity contribution in [3.8, 4) is 0 Å². The molecule has 0 saturated heterocycles.